The molecule has 5 nitrogen and oxygen atoms in total. The Balaban J connectivity index is 1.59. The number of alkyl carbamates (subject to hydrolysis) is 1. The third kappa shape index (κ3) is 3.64. The van der Waals surface area contributed by atoms with Crippen molar-refractivity contribution in [2.24, 2.45) is 0 Å². The normalized spacial score (nSPS) is 30.0. The summed E-state index contributed by atoms with van der Waals surface area (Å²) in [6, 6.07) is 0.464. The average molecular weight is 228 g/mol. The van der Waals surface area contributed by atoms with Crippen LogP contribution in [0.2, 0.25) is 0 Å². The highest BCUT2D eigenvalue weighted by atomic mass is 16.5. The smallest absolute Gasteiger partial charge is 0.407 e. The molecule has 2 N–H and O–H groups in total. The Morgan fingerprint density at radius 2 is 2.38 bits per heavy atom. The van der Waals surface area contributed by atoms with E-state index in [0.717, 1.165) is 26.0 Å². The van der Waals surface area contributed by atoms with Gasteiger partial charge in [0.15, 0.2) is 0 Å². The van der Waals surface area contributed by atoms with Crippen LogP contribution in [-0.4, -0.2) is 44.5 Å². The molecule has 16 heavy (non-hydrogen) atoms. The summed E-state index contributed by atoms with van der Waals surface area (Å²) < 4.78 is 10.3. The molecule has 0 radical (unpaired) electrons. The monoisotopic (exact) mass is 228 g/mol. The largest absolute Gasteiger partial charge is 0.448 e. The third-order valence-corrected chi connectivity index (χ3v) is 3.08. The van der Waals surface area contributed by atoms with Gasteiger partial charge in [-0.3, -0.25) is 0 Å². The second-order valence-corrected chi connectivity index (χ2v) is 4.45. The maximum absolute atomic E-state index is 11.4. The zero-order chi connectivity index (χ0) is 11.2. The lowest BCUT2D eigenvalue weighted by atomic mass is 10.1. The molecule has 2 fully saturated rings. The highest BCUT2D eigenvalue weighted by Gasteiger charge is 2.19. The second kappa shape index (κ2) is 6.06. The number of amides is 1. The molecule has 2 rings (SSSR count). The van der Waals surface area contributed by atoms with Gasteiger partial charge in [-0.25, -0.2) is 4.79 Å². The highest BCUT2D eigenvalue weighted by molar-refractivity contribution is 5.67. The molecular weight excluding hydrogens is 208 g/mol. The predicted molar refractivity (Wildman–Crippen MR) is 59.3 cm³/mol. The maximum atomic E-state index is 11.4. The first-order chi connectivity index (χ1) is 7.84. The van der Waals surface area contributed by atoms with Crippen LogP contribution in [0.4, 0.5) is 4.79 Å². The van der Waals surface area contributed by atoms with Crippen molar-refractivity contribution in [3.63, 3.8) is 0 Å². The summed E-state index contributed by atoms with van der Waals surface area (Å²) in [4.78, 5) is 11.4. The number of hydrogen-bond donors (Lipinski definition) is 2. The lowest BCUT2D eigenvalue weighted by Gasteiger charge is -2.23. The molecule has 0 aromatic rings. The summed E-state index contributed by atoms with van der Waals surface area (Å²) in [6.45, 7) is 2.84. The van der Waals surface area contributed by atoms with E-state index >= 15 is 0 Å². The van der Waals surface area contributed by atoms with Crippen molar-refractivity contribution >= 4 is 6.09 Å². The number of rotatable bonds is 3. The lowest BCUT2D eigenvalue weighted by molar-refractivity contribution is 0.122. The first-order valence-corrected chi connectivity index (χ1v) is 6.09. The Morgan fingerprint density at radius 3 is 3.06 bits per heavy atom. The SMILES string of the molecule is O=C(N[C@H]1CCOC1)OC[C@H]1CCCCN1. The number of nitrogens with one attached hydrogen (secondary N) is 2. The number of carbonyl (C=O) groups excluding carboxylic acids is 1. The first kappa shape index (κ1) is 11.7. The van der Waals surface area contributed by atoms with Gasteiger partial charge < -0.3 is 20.1 Å². The van der Waals surface area contributed by atoms with Crippen LogP contribution in [0.3, 0.4) is 0 Å². The minimum atomic E-state index is -0.317. The highest BCUT2D eigenvalue weighted by Crippen LogP contribution is 2.07. The minimum Gasteiger partial charge on any atom is -0.448 e. The summed E-state index contributed by atoms with van der Waals surface area (Å²) in [5.41, 5.74) is 0. The minimum absolute atomic E-state index is 0.131. The number of carbonyl (C=O) groups is 1. The van der Waals surface area contributed by atoms with Crippen LogP contribution in [0.5, 0.6) is 0 Å². The predicted octanol–water partition coefficient (Wildman–Crippen LogP) is 0.644. The molecule has 0 spiro atoms. The molecule has 1 amide bonds. The Hall–Kier alpha value is -0.810. The van der Waals surface area contributed by atoms with E-state index < -0.39 is 0 Å². The van der Waals surface area contributed by atoms with Gasteiger partial charge in [0.1, 0.15) is 6.61 Å². The van der Waals surface area contributed by atoms with Gasteiger partial charge in [0.05, 0.1) is 12.6 Å². The molecular formula is C11H20N2O3. The fourth-order valence-electron chi connectivity index (χ4n) is 2.10. The molecule has 0 unspecified atom stereocenters. The van der Waals surface area contributed by atoms with Gasteiger partial charge >= 0.3 is 6.09 Å². The van der Waals surface area contributed by atoms with Gasteiger partial charge in [0.25, 0.3) is 0 Å². The van der Waals surface area contributed by atoms with E-state index in [1.165, 1.54) is 12.8 Å². The molecule has 2 aliphatic rings. The lowest BCUT2D eigenvalue weighted by Crippen LogP contribution is -2.41. The van der Waals surface area contributed by atoms with Crippen molar-refractivity contribution in [3.05, 3.63) is 0 Å². The fraction of sp³-hybridized carbons (Fsp3) is 0.909. The zero-order valence-electron chi connectivity index (χ0n) is 9.54. The quantitative estimate of drug-likeness (QED) is 0.744. The topological polar surface area (TPSA) is 59.6 Å². The van der Waals surface area contributed by atoms with Crippen molar-refractivity contribution in [1.29, 1.82) is 0 Å². The van der Waals surface area contributed by atoms with E-state index in [9.17, 15) is 4.79 Å². The Kier molecular flexibility index (Phi) is 4.42. The van der Waals surface area contributed by atoms with Crippen molar-refractivity contribution in [2.45, 2.75) is 37.8 Å². The molecule has 0 saturated carbocycles. The van der Waals surface area contributed by atoms with Crippen molar-refractivity contribution in [3.8, 4) is 0 Å². The van der Waals surface area contributed by atoms with Crippen LogP contribution >= 0.6 is 0 Å². The van der Waals surface area contributed by atoms with Gasteiger partial charge in [-0.2, -0.15) is 0 Å². The Labute approximate surface area is 95.9 Å². The number of piperidine rings is 1. The van der Waals surface area contributed by atoms with E-state index in [4.69, 9.17) is 9.47 Å². The van der Waals surface area contributed by atoms with Crippen LogP contribution in [-0.2, 0) is 9.47 Å². The first-order valence-electron chi connectivity index (χ1n) is 6.09. The molecule has 2 atom stereocenters. The molecule has 0 aliphatic carbocycles. The Bertz CT molecular complexity index is 223. The third-order valence-electron chi connectivity index (χ3n) is 3.08. The summed E-state index contributed by atoms with van der Waals surface area (Å²) in [5, 5.41) is 6.14. The van der Waals surface area contributed by atoms with Gasteiger partial charge in [-0.1, -0.05) is 6.42 Å². The second-order valence-electron chi connectivity index (χ2n) is 4.45. The standard InChI is InChI=1S/C11H20N2O3/c14-11(13-10-4-6-15-7-10)16-8-9-3-1-2-5-12-9/h9-10,12H,1-8H2,(H,13,14)/t9-,10+/m1/s1. The Morgan fingerprint density at radius 1 is 1.44 bits per heavy atom. The van der Waals surface area contributed by atoms with Crippen molar-refractivity contribution < 1.29 is 14.3 Å². The van der Waals surface area contributed by atoms with E-state index in [-0.39, 0.29) is 12.1 Å². The van der Waals surface area contributed by atoms with Crippen molar-refractivity contribution in [1.82, 2.24) is 10.6 Å². The number of hydrogen-bond acceptors (Lipinski definition) is 4. The average Bonchev–Trinajstić information content (AvgIpc) is 2.81. The summed E-state index contributed by atoms with van der Waals surface area (Å²) in [5.74, 6) is 0. The van der Waals surface area contributed by atoms with Gasteiger partial charge in [0.2, 0.25) is 0 Å². The van der Waals surface area contributed by atoms with Crippen LogP contribution in [0.15, 0.2) is 0 Å². The summed E-state index contributed by atoms with van der Waals surface area (Å²) in [6.07, 6.45) is 4.11. The zero-order valence-corrected chi connectivity index (χ0v) is 9.54. The summed E-state index contributed by atoms with van der Waals surface area (Å²) >= 11 is 0. The van der Waals surface area contributed by atoms with Gasteiger partial charge in [0, 0.05) is 12.6 Å². The van der Waals surface area contributed by atoms with Crippen molar-refractivity contribution in [2.75, 3.05) is 26.4 Å². The molecule has 0 aromatic heterocycles. The van der Waals surface area contributed by atoms with Crippen LogP contribution in [0.1, 0.15) is 25.7 Å². The van der Waals surface area contributed by atoms with Crippen LogP contribution in [0.25, 0.3) is 0 Å². The van der Waals surface area contributed by atoms with Gasteiger partial charge in [-0.05, 0) is 25.8 Å². The molecule has 2 heterocycles. The molecule has 5 heteroatoms. The van der Waals surface area contributed by atoms with E-state index in [0.29, 0.717) is 19.3 Å². The molecule has 2 aliphatic heterocycles. The summed E-state index contributed by atoms with van der Waals surface area (Å²) in [7, 11) is 0. The van der Waals surface area contributed by atoms with E-state index in [2.05, 4.69) is 10.6 Å². The molecule has 2 saturated heterocycles. The van der Waals surface area contributed by atoms with Crippen LogP contribution < -0.4 is 10.6 Å². The number of ether oxygens (including phenoxy) is 2. The maximum Gasteiger partial charge on any atom is 0.407 e. The van der Waals surface area contributed by atoms with E-state index in [1.54, 1.807) is 0 Å². The van der Waals surface area contributed by atoms with E-state index in [1.807, 2.05) is 0 Å². The van der Waals surface area contributed by atoms with Crippen LogP contribution in [0, 0.1) is 0 Å². The fourth-order valence-corrected chi connectivity index (χ4v) is 2.10. The molecule has 92 valence electrons. The van der Waals surface area contributed by atoms with Gasteiger partial charge in [-0.15, -0.1) is 0 Å². The molecule has 0 bridgehead atoms. The molecule has 0 aromatic carbocycles.